The minimum atomic E-state index is -0.657. The number of carbonyl (C=O) groups is 1. The van der Waals surface area contributed by atoms with E-state index in [1.54, 1.807) is 0 Å². The summed E-state index contributed by atoms with van der Waals surface area (Å²) in [6.45, 7) is 3.67. The summed E-state index contributed by atoms with van der Waals surface area (Å²) in [4.78, 5) is 10.7. The lowest BCUT2D eigenvalue weighted by Crippen LogP contribution is -1.96. The fraction of sp³-hybridized carbons (Fsp3) is 0.250. The van der Waals surface area contributed by atoms with Gasteiger partial charge in [0.05, 0.1) is 0 Å². The van der Waals surface area contributed by atoms with Crippen molar-refractivity contribution in [2.24, 2.45) is 5.92 Å². The van der Waals surface area contributed by atoms with Gasteiger partial charge >= 0.3 is 0 Å². The van der Waals surface area contributed by atoms with Gasteiger partial charge in [0.15, 0.2) is 0 Å². The summed E-state index contributed by atoms with van der Waals surface area (Å²) < 4.78 is 25.8. The lowest BCUT2D eigenvalue weighted by Gasteiger charge is -2.04. The van der Waals surface area contributed by atoms with E-state index in [1.807, 2.05) is 13.8 Å². The first-order chi connectivity index (χ1) is 7.04. The molecule has 0 heterocycles. The van der Waals surface area contributed by atoms with E-state index in [9.17, 15) is 13.6 Å². The molecule has 3 heteroatoms. The van der Waals surface area contributed by atoms with Crippen molar-refractivity contribution in [3.63, 3.8) is 0 Å². The number of hydrogen-bond donors (Lipinski definition) is 0. The minimum absolute atomic E-state index is 0.0203. The summed E-state index contributed by atoms with van der Waals surface area (Å²) in [5.74, 6) is -1.26. The van der Waals surface area contributed by atoms with Crippen LogP contribution in [0.3, 0.4) is 0 Å². The normalized spacial score (nSPS) is 11.9. The van der Waals surface area contributed by atoms with Gasteiger partial charge < -0.3 is 0 Å². The Balaban J connectivity index is 3.11. The van der Waals surface area contributed by atoms with E-state index in [4.69, 9.17) is 0 Å². The first kappa shape index (κ1) is 11.6. The third-order valence-electron chi connectivity index (χ3n) is 2.09. The number of aldehydes is 1. The number of carbonyl (C=O) groups excluding carboxylic acids is 1. The highest BCUT2D eigenvalue weighted by Gasteiger charge is 2.05. The molecule has 1 aromatic carbocycles. The van der Waals surface area contributed by atoms with Gasteiger partial charge in [0.25, 0.3) is 0 Å². The third-order valence-corrected chi connectivity index (χ3v) is 2.09. The second-order valence-corrected chi connectivity index (χ2v) is 3.58. The molecule has 80 valence electrons. The molecule has 0 aliphatic rings. The average molecular weight is 210 g/mol. The Morgan fingerprint density at radius 1 is 1.33 bits per heavy atom. The van der Waals surface area contributed by atoms with E-state index >= 15 is 0 Å². The maximum absolute atomic E-state index is 13.2. The Morgan fingerprint density at radius 2 is 2.00 bits per heavy atom. The van der Waals surface area contributed by atoms with Crippen molar-refractivity contribution in [2.45, 2.75) is 13.8 Å². The summed E-state index contributed by atoms with van der Waals surface area (Å²) in [5, 5.41) is 0. The molecule has 0 aromatic heterocycles. The predicted octanol–water partition coefficient (Wildman–Crippen LogP) is 3.20. The van der Waals surface area contributed by atoms with Crippen molar-refractivity contribution >= 4 is 12.4 Å². The van der Waals surface area contributed by atoms with Crippen molar-refractivity contribution in [1.29, 1.82) is 0 Å². The zero-order chi connectivity index (χ0) is 11.4. The molecule has 0 aliphatic heterocycles. The van der Waals surface area contributed by atoms with E-state index in [-0.39, 0.29) is 11.5 Å². The van der Waals surface area contributed by atoms with Crippen molar-refractivity contribution in [3.8, 4) is 0 Å². The topological polar surface area (TPSA) is 17.1 Å². The Bertz CT molecular complexity index is 395. The zero-order valence-corrected chi connectivity index (χ0v) is 8.63. The Kier molecular flexibility index (Phi) is 3.72. The molecule has 15 heavy (non-hydrogen) atoms. The minimum Gasteiger partial charge on any atom is -0.298 e. The lowest BCUT2D eigenvalue weighted by atomic mass is 10.0. The maximum Gasteiger partial charge on any atom is 0.146 e. The summed E-state index contributed by atoms with van der Waals surface area (Å²) in [7, 11) is 0. The van der Waals surface area contributed by atoms with Crippen LogP contribution < -0.4 is 0 Å². The summed E-state index contributed by atoms with van der Waals surface area (Å²) in [5.41, 5.74) is 0.715. The third kappa shape index (κ3) is 2.98. The van der Waals surface area contributed by atoms with Crippen LogP contribution in [-0.4, -0.2) is 6.29 Å². The van der Waals surface area contributed by atoms with Gasteiger partial charge in [-0.25, -0.2) is 8.78 Å². The van der Waals surface area contributed by atoms with E-state index in [1.165, 1.54) is 12.1 Å². The van der Waals surface area contributed by atoms with E-state index in [0.717, 1.165) is 12.1 Å². The van der Waals surface area contributed by atoms with Crippen LogP contribution in [0.2, 0.25) is 0 Å². The van der Waals surface area contributed by atoms with Crippen LogP contribution in [0.25, 0.3) is 6.08 Å². The van der Waals surface area contributed by atoms with Crippen LogP contribution in [0.15, 0.2) is 23.8 Å². The van der Waals surface area contributed by atoms with Crippen LogP contribution >= 0.6 is 0 Å². The molecule has 0 amide bonds. The van der Waals surface area contributed by atoms with Crippen LogP contribution in [0.1, 0.15) is 19.4 Å². The molecule has 0 unspecified atom stereocenters. The van der Waals surface area contributed by atoms with Crippen LogP contribution in [0, 0.1) is 17.6 Å². The highest BCUT2D eigenvalue weighted by molar-refractivity contribution is 5.82. The van der Waals surface area contributed by atoms with Gasteiger partial charge in [-0.2, -0.15) is 0 Å². The van der Waals surface area contributed by atoms with Crippen LogP contribution in [0.4, 0.5) is 8.78 Å². The van der Waals surface area contributed by atoms with E-state index in [0.29, 0.717) is 11.9 Å². The van der Waals surface area contributed by atoms with Crippen molar-refractivity contribution in [3.05, 3.63) is 41.0 Å². The molecule has 0 bridgehead atoms. The molecule has 0 atom stereocenters. The van der Waals surface area contributed by atoms with Crippen molar-refractivity contribution in [2.75, 3.05) is 0 Å². The first-order valence-corrected chi connectivity index (χ1v) is 4.66. The molecular weight excluding hydrogens is 198 g/mol. The highest BCUT2D eigenvalue weighted by atomic mass is 19.1. The molecule has 0 spiro atoms. The van der Waals surface area contributed by atoms with E-state index < -0.39 is 11.6 Å². The Hall–Kier alpha value is -1.51. The summed E-state index contributed by atoms with van der Waals surface area (Å²) in [6, 6.07) is 3.28. The Labute approximate surface area is 87.4 Å². The molecule has 0 N–H and O–H groups in total. The van der Waals surface area contributed by atoms with Gasteiger partial charge in [-0.3, -0.25) is 4.79 Å². The van der Waals surface area contributed by atoms with Gasteiger partial charge in [0.1, 0.15) is 17.9 Å². The number of rotatable bonds is 3. The lowest BCUT2D eigenvalue weighted by molar-refractivity contribution is -0.105. The number of allylic oxidation sites excluding steroid dienone is 1. The van der Waals surface area contributed by atoms with Crippen LogP contribution in [0.5, 0.6) is 0 Å². The maximum atomic E-state index is 13.2. The molecule has 0 aliphatic carbocycles. The summed E-state index contributed by atoms with van der Waals surface area (Å²) >= 11 is 0. The number of hydrogen-bond acceptors (Lipinski definition) is 1. The predicted molar refractivity (Wildman–Crippen MR) is 55.2 cm³/mol. The monoisotopic (exact) mass is 210 g/mol. The molecule has 1 rings (SSSR count). The zero-order valence-electron chi connectivity index (χ0n) is 8.63. The molecule has 1 aromatic rings. The molecule has 0 saturated heterocycles. The van der Waals surface area contributed by atoms with Gasteiger partial charge in [0.2, 0.25) is 0 Å². The second-order valence-electron chi connectivity index (χ2n) is 3.58. The first-order valence-electron chi connectivity index (χ1n) is 4.66. The fourth-order valence-corrected chi connectivity index (χ4v) is 1.13. The molecule has 0 fully saturated rings. The largest absolute Gasteiger partial charge is 0.298 e. The van der Waals surface area contributed by atoms with Gasteiger partial charge in [-0.15, -0.1) is 0 Å². The van der Waals surface area contributed by atoms with Gasteiger partial charge in [-0.1, -0.05) is 13.8 Å². The highest BCUT2D eigenvalue weighted by Crippen LogP contribution is 2.16. The van der Waals surface area contributed by atoms with Crippen LogP contribution in [-0.2, 0) is 4.79 Å². The van der Waals surface area contributed by atoms with Crippen molar-refractivity contribution < 1.29 is 13.6 Å². The van der Waals surface area contributed by atoms with Crippen molar-refractivity contribution in [1.82, 2.24) is 0 Å². The molecular formula is C12H12F2O. The van der Waals surface area contributed by atoms with E-state index in [2.05, 4.69) is 0 Å². The molecule has 0 saturated carbocycles. The van der Waals surface area contributed by atoms with Gasteiger partial charge in [0, 0.05) is 11.6 Å². The fourth-order valence-electron chi connectivity index (χ4n) is 1.13. The smallest absolute Gasteiger partial charge is 0.146 e. The second kappa shape index (κ2) is 4.82. The summed E-state index contributed by atoms with van der Waals surface area (Å²) in [6.07, 6.45) is 2.12. The molecule has 1 nitrogen and oxygen atoms in total. The SMILES string of the molecule is CC(C)/C(C=O)=C/c1ccc(F)cc1F. The number of halogens is 2. The average Bonchev–Trinajstić information content (AvgIpc) is 2.16. The molecule has 0 radical (unpaired) electrons. The Morgan fingerprint density at radius 3 is 2.47 bits per heavy atom. The standard InChI is InChI=1S/C12H12F2O/c1-8(2)10(7-15)5-9-3-4-11(13)6-12(9)14/h3-8H,1-2H3/b10-5+. The number of benzene rings is 1. The quantitative estimate of drug-likeness (QED) is 0.553. The van der Waals surface area contributed by atoms with Gasteiger partial charge in [-0.05, 0) is 29.7 Å².